The summed E-state index contributed by atoms with van der Waals surface area (Å²) < 4.78 is 20.7. The van der Waals surface area contributed by atoms with E-state index in [9.17, 15) is 9.59 Å². The maximum atomic E-state index is 11.9. The molecule has 1 aromatic carbocycles. The summed E-state index contributed by atoms with van der Waals surface area (Å²) in [6.07, 6.45) is 3.69. The van der Waals surface area contributed by atoms with Gasteiger partial charge in [0.2, 0.25) is 12.7 Å². The molecule has 0 radical (unpaired) electrons. The van der Waals surface area contributed by atoms with Crippen LogP contribution in [0.15, 0.2) is 40.8 Å². The third-order valence-electron chi connectivity index (χ3n) is 3.79. The van der Waals surface area contributed by atoms with Crippen molar-refractivity contribution in [3.8, 4) is 11.5 Å². The van der Waals surface area contributed by atoms with Gasteiger partial charge in [-0.25, -0.2) is 0 Å². The van der Waals surface area contributed by atoms with Gasteiger partial charge in [0.05, 0.1) is 13.5 Å². The molecule has 0 fully saturated rings. The van der Waals surface area contributed by atoms with Crippen molar-refractivity contribution in [2.24, 2.45) is 0 Å². The second kappa shape index (κ2) is 8.24. The first-order valence-corrected chi connectivity index (χ1v) is 8.14. The second-order valence-corrected chi connectivity index (χ2v) is 5.62. The fourth-order valence-corrected chi connectivity index (χ4v) is 2.40. The highest BCUT2D eigenvalue weighted by molar-refractivity contribution is 5.91. The standard InChI is InChI=1S/C19H19NO6/c1-23-19(22)9-6-15-4-3-14(26-15)5-8-18(21)20-11-13-2-7-16-17(10-13)25-12-24-16/h2-5,7-8,10H,6,9,11-12H2,1H3,(H,20,21). The molecule has 1 N–H and O–H groups in total. The fourth-order valence-electron chi connectivity index (χ4n) is 2.40. The SMILES string of the molecule is COC(=O)CCc1ccc(C=CC(=O)NCc2ccc3c(c2)OCO3)o1. The zero-order valence-corrected chi connectivity index (χ0v) is 14.3. The van der Waals surface area contributed by atoms with Gasteiger partial charge in [0.15, 0.2) is 11.5 Å². The molecule has 2 heterocycles. The van der Waals surface area contributed by atoms with Crippen molar-refractivity contribution in [2.75, 3.05) is 13.9 Å². The minimum Gasteiger partial charge on any atom is -0.469 e. The summed E-state index contributed by atoms with van der Waals surface area (Å²) >= 11 is 0. The van der Waals surface area contributed by atoms with Crippen molar-refractivity contribution in [2.45, 2.75) is 19.4 Å². The zero-order chi connectivity index (χ0) is 18.4. The molecule has 136 valence electrons. The van der Waals surface area contributed by atoms with Gasteiger partial charge in [-0.15, -0.1) is 0 Å². The van der Waals surface area contributed by atoms with Gasteiger partial charge in [-0.2, -0.15) is 0 Å². The first-order valence-electron chi connectivity index (χ1n) is 8.14. The van der Waals surface area contributed by atoms with Crippen LogP contribution in [0.1, 0.15) is 23.5 Å². The molecule has 2 aromatic rings. The number of hydrogen-bond donors (Lipinski definition) is 1. The van der Waals surface area contributed by atoms with E-state index in [1.54, 1.807) is 18.2 Å². The Labute approximate surface area is 150 Å². The second-order valence-electron chi connectivity index (χ2n) is 5.62. The number of rotatable bonds is 7. The summed E-state index contributed by atoms with van der Waals surface area (Å²) in [5, 5.41) is 2.79. The quantitative estimate of drug-likeness (QED) is 0.605. The molecule has 26 heavy (non-hydrogen) atoms. The van der Waals surface area contributed by atoms with Crippen LogP contribution in [0.5, 0.6) is 11.5 Å². The van der Waals surface area contributed by atoms with E-state index in [0.29, 0.717) is 36.0 Å². The van der Waals surface area contributed by atoms with E-state index in [0.717, 1.165) is 5.56 Å². The van der Waals surface area contributed by atoms with Gasteiger partial charge >= 0.3 is 5.97 Å². The summed E-state index contributed by atoms with van der Waals surface area (Å²) in [6, 6.07) is 9.05. The Hall–Kier alpha value is -3.22. The van der Waals surface area contributed by atoms with Crippen LogP contribution in [0.4, 0.5) is 0 Å². The highest BCUT2D eigenvalue weighted by Gasteiger charge is 2.13. The molecule has 0 unspecified atom stereocenters. The smallest absolute Gasteiger partial charge is 0.305 e. The van der Waals surface area contributed by atoms with E-state index < -0.39 is 0 Å². The number of carbonyl (C=O) groups excluding carboxylic acids is 2. The van der Waals surface area contributed by atoms with Crippen LogP contribution in [0.25, 0.3) is 6.08 Å². The lowest BCUT2D eigenvalue weighted by Crippen LogP contribution is -2.20. The van der Waals surface area contributed by atoms with Gasteiger partial charge in [-0.1, -0.05) is 6.07 Å². The number of methoxy groups -OCH3 is 1. The average molecular weight is 357 g/mol. The predicted octanol–water partition coefficient (Wildman–Crippen LogP) is 2.44. The Morgan fingerprint density at radius 3 is 2.88 bits per heavy atom. The Morgan fingerprint density at radius 2 is 2.04 bits per heavy atom. The zero-order valence-electron chi connectivity index (χ0n) is 14.3. The number of benzene rings is 1. The van der Waals surface area contributed by atoms with E-state index in [2.05, 4.69) is 10.1 Å². The highest BCUT2D eigenvalue weighted by atomic mass is 16.7. The van der Waals surface area contributed by atoms with Gasteiger partial charge in [0.1, 0.15) is 11.5 Å². The number of esters is 1. The number of ether oxygens (including phenoxy) is 3. The lowest BCUT2D eigenvalue weighted by molar-refractivity contribution is -0.140. The number of aryl methyl sites for hydroxylation is 1. The Balaban J connectivity index is 1.47. The molecule has 0 atom stereocenters. The van der Waals surface area contributed by atoms with Gasteiger partial charge in [-0.05, 0) is 35.9 Å². The van der Waals surface area contributed by atoms with Crippen LogP contribution < -0.4 is 14.8 Å². The van der Waals surface area contributed by atoms with Crippen molar-refractivity contribution in [1.82, 2.24) is 5.32 Å². The summed E-state index contributed by atoms with van der Waals surface area (Å²) in [7, 11) is 1.35. The van der Waals surface area contributed by atoms with Crippen molar-refractivity contribution in [1.29, 1.82) is 0 Å². The summed E-state index contributed by atoms with van der Waals surface area (Å²) in [4.78, 5) is 23.0. The van der Waals surface area contributed by atoms with Crippen molar-refractivity contribution in [3.63, 3.8) is 0 Å². The molecule has 0 saturated carbocycles. The van der Waals surface area contributed by atoms with Gasteiger partial charge in [0.25, 0.3) is 0 Å². The average Bonchev–Trinajstić information content (AvgIpc) is 3.31. The number of furan rings is 1. The van der Waals surface area contributed by atoms with Crippen LogP contribution in [0.2, 0.25) is 0 Å². The van der Waals surface area contributed by atoms with Crippen molar-refractivity contribution < 1.29 is 28.2 Å². The monoisotopic (exact) mass is 357 g/mol. The van der Waals surface area contributed by atoms with Gasteiger partial charge in [0, 0.05) is 19.0 Å². The van der Waals surface area contributed by atoms with Crippen LogP contribution in [0, 0.1) is 0 Å². The van der Waals surface area contributed by atoms with Crippen LogP contribution in [-0.2, 0) is 27.3 Å². The van der Waals surface area contributed by atoms with E-state index in [4.69, 9.17) is 13.9 Å². The number of nitrogens with one attached hydrogen (secondary N) is 1. The van der Waals surface area contributed by atoms with Crippen LogP contribution in [-0.4, -0.2) is 25.8 Å². The van der Waals surface area contributed by atoms with Crippen LogP contribution >= 0.6 is 0 Å². The molecule has 1 aliphatic rings. The fraction of sp³-hybridized carbons (Fsp3) is 0.263. The topological polar surface area (TPSA) is 87.0 Å². The van der Waals surface area contributed by atoms with Gasteiger partial charge < -0.3 is 23.9 Å². The molecule has 3 rings (SSSR count). The third kappa shape index (κ3) is 4.66. The lowest BCUT2D eigenvalue weighted by Gasteiger charge is -2.03. The molecule has 0 aliphatic carbocycles. The maximum Gasteiger partial charge on any atom is 0.305 e. The normalized spacial score (nSPS) is 12.3. The minimum atomic E-state index is -0.290. The lowest BCUT2D eigenvalue weighted by atomic mass is 10.2. The van der Waals surface area contributed by atoms with E-state index in [1.807, 2.05) is 18.2 Å². The molecule has 0 spiro atoms. The Kier molecular flexibility index (Phi) is 5.58. The summed E-state index contributed by atoms with van der Waals surface area (Å²) in [5.41, 5.74) is 0.916. The number of fused-ring (bicyclic) bond motifs is 1. The highest BCUT2D eigenvalue weighted by Crippen LogP contribution is 2.32. The number of carbonyl (C=O) groups is 2. The largest absolute Gasteiger partial charge is 0.469 e. The number of amides is 1. The van der Waals surface area contributed by atoms with Crippen molar-refractivity contribution >= 4 is 18.0 Å². The van der Waals surface area contributed by atoms with Crippen LogP contribution in [0.3, 0.4) is 0 Å². The number of hydrogen-bond acceptors (Lipinski definition) is 6. The third-order valence-corrected chi connectivity index (χ3v) is 3.79. The summed E-state index contributed by atoms with van der Waals surface area (Å²) in [5.74, 6) is 2.07. The molecule has 7 heteroatoms. The predicted molar refractivity (Wildman–Crippen MR) is 92.5 cm³/mol. The van der Waals surface area contributed by atoms with Gasteiger partial charge in [-0.3, -0.25) is 9.59 Å². The van der Waals surface area contributed by atoms with Crippen molar-refractivity contribution in [3.05, 3.63) is 53.5 Å². The Bertz CT molecular complexity index is 823. The van der Waals surface area contributed by atoms with E-state index in [1.165, 1.54) is 13.2 Å². The molecule has 0 saturated heterocycles. The first kappa shape index (κ1) is 17.6. The van der Waals surface area contributed by atoms with E-state index in [-0.39, 0.29) is 25.1 Å². The summed E-state index contributed by atoms with van der Waals surface area (Å²) in [6.45, 7) is 0.598. The molecular weight excluding hydrogens is 338 g/mol. The van der Waals surface area contributed by atoms with E-state index >= 15 is 0 Å². The minimum absolute atomic E-state index is 0.221. The maximum absolute atomic E-state index is 11.9. The molecule has 1 aliphatic heterocycles. The molecule has 0 bridgehead atoms. The molecular formula is C19H19NO6. The first-order chi connectivity index (χ1) is 12.6. The molecule has 7 nitrogen and oxygen atoms in total. The molecule has 1 aromatic heterocycles. The molecule has 1 amide bonds. The Morgan fingerprint density at radius 1 is 1.19 bits per heavy atom.